The third-order valence-electron chi connectivity index (χ3n) is 4.84. The summed E-state index contributed by atoms with van der Waals surface area (Å²) in [6, 6.07) is 5.90. The molecule has 0 fully saturated rings. The molecule has 0 spiro atoms. The molecule has 0 aliphatic heterocycles. The van der Waals surface area contributed by atoms with Crippen LogP contribution in [0, 0.1) is 0 Å². The number of thiophene rings is 2. The van der Waals surface area contributed by atoms with Crippen molar-refractivity contribution in [2.75, 3.05) is 13.1 Å². The molecule has 2 aromatic rings. The highest BCUT2D eigenvalue weighted by molar-refractivity contribution is 7.12. The molecule has 6 N–H and O–H groups in total. The molecule has 0 saturated carbocycles. The minimum absolute atomic E-state index is 0.0731. The molecule has 33 heavy (non-hydrogen) atoms. The summed E-state index contributed by atoms with van der Waals surface area (Å²) in [6.45, 7) is 0.834. The fourth-order valence-corrected chi connectivity index (χ4v) is 4.35. The molecule has 3 amide bonds. The van der Waals surface area contributed by atoms with Crippen molar-refractivity contribution < 1.29 is 24.3 Å². The molecule has 180 valence electrons. The lowest BCUT2D eigenvalue weighted by Crippen LogP contribution is -2.47. The van der Waals surface area contributed by atoms with Gasteiger partial charge in [-0.1, -0.05) is 12.1 Å². The summed E-state index contributed by atoms with van der Waals surface area (Å²) >= 11 is 2.93. The van der Waals surface area contributed by atoms with Crippen LogP contribution in [-0.2, 0) is 20.8 Å². The zero-order valence-corrected chi connectivity index (χ0v) is 19.9. The fraction of sp³-hybridized carbons (Fsp3) is 0.455. The predicted molar refractivity (Wildman–Crippen MR) is 128 cm³/mol. The van der Waals surface area contributed by atoms with E-state index in [4.69, 9.17) is 10.8 Å². The maximum absolute atomic E-state index is 12.7. The molecule has 2 rings (SSSR count). The van der Waals surface area contributed by atoms with Crippen molar-refractivity contribution >= 4 is 46.4 Å². The number of hydrogen-bond acceptors (Lipinski definition) is 7. The number of hydrogen-bond donors (Lipinski definition) is 5. The van der Waals surface area contributed by atoms with E-state index in [-0.39, 0.29) is 24.7 Å². The van der Waals surface area contributed by atoms with Gasteiger partial charge in [0.15, 0.2) is 0 Å². The van der Waals surface area contributed by atoms with Crippen LogP contribution in [0.3, 0.4) is 0 Å². The quantitative estimate of drug-likeness (QED) is 0.238. The van der Waals surface area contributed by atoms with Crippen LogP contribution in [0.1, 0.15) is 46.7 Å². The standard InChI is InChI=1S/C22H30N4O5S2/c23-16(8-9-19(27)28)20(29)24-11-2-1-6-17(26-22(31)18-7-4-14-33-18)21(30)25-12-10-15-5-3-13-32-15/h3-5,7,13-14,16-17H,1-2,6,8-12,23H2,(H,24,29)(H,25,30)(H,26,31)(H,27,28)/t16-,17+/m0/s1. The van der Waals surface area contributed by atoms with Crippen molar-refractivity contribution in [2.24, 2.45) is 5.73 Å². The molecular formula is C22H30N4O5S2. The molecular weight excluding hydrogens is 464 g/mol. The normalized spacial score (nSPS) is 12.5. The van der Waals surface area contributed by atoms with Crippen molar-refractivity contribution in [2.45, 2.75) is 50.6 Å². The highest BCUT2D eigenvalue weighted by Gasteiger charge is 2.21. The summed E-state index contributed by atoms with van der Waals surface area (Å²) < 4.78 is 0. The second kappa shape index (κ2) is 14.4. The van der Waals surface area contributed by atoms with E-state index in [1.54, 1.807) is 28.8 Å². The van der Waals surface area contributed by atoms with Crippen LogP contribution in [0.25, 0.3) is 0 Å². The number of carbonyl (C=O) groups excluding carboxylic acids is 3. The van der Waals surface area contributed by atoms with E-state index in [0.29, 0.717) is 37.2 Å². The number of carboxylic acid groups (broad SMARTS) is 1. The van der Waals surface area contributed by atoms with E-state index in [0.717, 1.165) is 6.42 Å². The molecule has 2 aromatic heterocycles. The number of unbranched alkanes of at least 4 members (excludes halogenated alkanes) is 1. The Balaban J connectivity index is 1.77. The molecule has 0 saturated heterocycles. The average Bonchev–Trinajstić information content (AvgIpc) is 3.50. The summed E-state index contributed by atoms with van der Waals surface area (Å²) in [4.78, 5) is 49.4. The first-order valence-corrected chi connectivity index (χ1v) is 12.5. The average molecular weight is 495 g/mol. The number of aliphatic carboxylic acids is 1. The van der Waals surface area contributed by atoms with Gasteiger partial charge in [0.05, 0.1) is 10.9 Å². The SMILES string of the molecule is N[C@@H](CCC(=O)O)C(=O)NCCCC[C@@H](NC(=O)c1cccs1)C(=O)NCCc1cccs1. The number of nitrogens with two attached hydrogens (primary N) is 1. The summed E-state index contributed by atoms with van der Waals surface area (Å²) in [5.74, 6) is -1.93. The van der Waals surface area contributed by atoms with Crippen LogP contribution in [0.2, 0.25) is 0 Å². The van der Waals surface area contributed by atoms with Crippen LogP contribution in [0.15, 0.2) is 35.0 Å². The minimum Gasteiger partial charge on any atom is -0.481 e. The first kappa shape index (κ1) is 26.5. The third kappa shape index (κ3) is 10.1. The van der Waals surface area contributed by atoms with Crippen LogP contribution in [0.4, 0.5) is 0 Å². The molecule has 11 heteroatoms. The van der Waals surface area contributed by atoms with Gasteiger partial charge >= 0.3 is 5.97 Å². The Hall–Kier alpha value is -2.76. The third-order valence-corrected chi connectivity index (χ3v) is 6.65. The number of amides is 3. The monoisotopic (exact) mass is 494 g/mol. The van der Waals surface area contributed by atoms with Gasteiger partial charge in [-0.05, 0) is 55.0 Å². The van der Waals surface area contributed by atoms with Crippen LogP contribution in [0.5, 0.6) is 0 Å². The van der Waals surface area contributed by atoms with E-state index >= 15 is 0 Å². The van der Waals surface area contributed by atoms with Crippen molar-refractivity contribution in [3.05, 3.63) is 44.8 Å². The van der Waals surface area contributed by atoms with Gasteiger partial charge in [0.2, 0.25) is 11.8 Å². The second-order valence-electron chi connectivity index (χ2n) is 7.45. The lowest BCUT2D eigenvalue weighted by molar-refractivity contribution is -0.137. The van der Waals surface area contributed by atoms with Gasteiger partial charge in [-0.25, -0.2) is 0 Å². The van der Waals surface area contributed by atoms with Crippen molar-refractivity contribution in [3.8, 4) is 0 Å². The number of carbonyl (C=O) groups is 4. The van der Waals surface area contributed by atoms with Gasteiger partial charge in [-0.3, -0.25) is 19.2 Å². The maximum Gasteiger partial charge on any atom is 0.303 e. The largest absolute Gasteiger partial charge is 0.481 e. The van der Waals surface area contributed by atoms with Gasteiger partial charge in [0.25, 0.3) is 5.91 Å². The van der Waals surface area contributed by atoms with E-state index < -0.39 is 24.0 Å². The van der Waals surface area contributed by atoms with Gasteiger partial charge in [0, 0.05) is 24.4 Å². The number of nitrogens with one attached hydrogen (secondary N) is 3. The Morgan fingerprint density at radius 3 is 2.33 bits per heavy atom. The van der Waals surface area contributed by atoms with Gasteiger partial charge in [-0.2, -0.15) is 0 Å². The van der Waals surface area contributed by atoms with Crippen LogP contribution >= 0.6 is 22.7 Å². The molecule has 2 heterocycles. The summed E-state index contributed by atoms with van der Waals surface area (Å²) in [6.07, 6.45) is 2.24. The Morgan fingerprint density at radius 2 is 1.67 bits per heavy atom. The highest BCUT2D eigenvalue weighted by Crippen LogP contribution is 2.11. The minimum atomic E-state index is -0.998. The van der Waals surface area contributed by atoms with Crippen molar-refractivity contribution in [3.63, 3.8) is 0 Å². The topological polar surface area (TPSA) is 151 Å². The summed E-state index contributed by atoms with van der Waals surface area (Å²) in [5, 5.41) is 20.8. The molecule has 0 aliphatic rings. The first-order valence-electron chi connectivity index (χ1n) is 10.8. The molecule has 0 radical (unpaired) electrons. The van der Waals surface area contributed by atoms with Crippen molar-refractivity contribution in [1.82, 2.24) is 16.0 Å². The van der Waals surface area contributed by atoms with E-state index in [9.17, 15) is 19.2 Å². The molecule has 0 bridgehead atoms. The molecule has 0 unspecified atom stereocenters. The van der Waals surface area contributed by atoms with E-state index in [1.807, 2.05) is 17.5 Å². The second-order valence-corrected chi connectivity index (χ2v) is 9.43. The Kier molecular flexibility index (Phi) is 11.6. The lowest BCUT2D eigenvalue weighted by atomic mass is 10.1. The van der Waals surface area contributed by atoms with Crippen LogP contribution < -0.4 is 21.7 Å². The Bertz CT molecular complexity index is 887. The molecule has 0 aromatic carbocycles. The first-order chi connectivity index (χ1) is 15.9. The molecule has 2 atom stereocenters. The lowest BCUT2D eigenvalue weighted by Gasteiger charge is -2.18. The zero-order valence-electron chi connectivity index (χ0n) is 18.2. The zero-order chi connectivity index (χ0) is 24.1. The highest BCUT2D eigenvalue weighted by atomic mass is 32.1. The number of carboxylic acids is 1. The maximum atomic E-state index is 12.7. The molecule has 0 aliphatic carbocycles. The Morgan fingerprint density at radius 1 is 0.939 bits per heavy atom. The van der Waals surface area contributed by atoms with E-state index in [1.165, 1.54) is 16.2 Å². The van der Waals surface area contributed by atoms with Crippen molar-refractivity contribution in [1.29, 1.82) is 0 Å². The summed E-state index contributed by atoms with van der Waals surface area (Å²) in [5.41, 5.74) is 5.68. The fourth-order valence-electron chi connectivity index (χ4n) is 3.02. The van der Waals surface area contributed by atoms with Crippen LogP contribution in [-0.4, -0.2) is 54.0 Å². The van der Waals surface area contributed by atoms with Gasteiger partial charge in [-0.15, -0.1) is 22.7 Å². The molecule has 9 nitrogen and oxygen atoms in total. The summed E-state index contributed by atoms with van der Waals surface area (Å²) in [7, 11) is 0. The Labute approximate surface area is 200 Å². The number of rotatable bonds is 15. The van der Waals surface area contributed by atoms with E-state index in [2.05, 4.69) is 16.0 Å². The predicted octanol–water partition coefficient (Wildman–Crippen LogP) is 1.75. The van der Waals surface area contributed by atoms with Gasteiger partial charge in [0.1, 0.15) is 6.04 Å². The van der Waals surface area contributed by atoms with Gasteiger partial charge < -0.3 is 26.8 Å². The smallest absolute Gasteiger partial charge is 0.303 e.